The predicted octanol–water partition coefficient (Wildman–Crippen LogP) is 5.14. The number of imidazole rings is 1. The van der Waals surface area contributed by atoms with Gasteiger partial charge in [0.05, 0.1) is 22.6 Å². The monoisotopic (exact) mass is 348 g/mol. The summed E-state index contributed by atoms with van der Waals surface area (Å²) in [6, 6.07) is 12.5. The van der Waals surface area contributed by atoms with Crippen molar-refractivity contribution in [3.63, 3.8) is 0 Å². The minimum atomic E-state index is 0.392. The van der Waals surface area contributed by atoms with E-state index in [2.05, 4.69) is 63.6 Å². The first-order valence-electron chi connectivity index (χ1n) is 6.40. The SMILES string of the molecule is Cc1ccc2nc(CCl)n(-c3ccc(Br)cc3C)c2c1. The van der Waals surface area contributed by atoms with Crippen LogP contribution in [-0.4, -0.2) is 9.55 Å². The molecule has 2 aromatic carbocycles. The molecule has 0 radical (unpaired) electrons. The molecular weight excluding hydrogens is 336 g/mol. The van der Waals surface area contributed by atoms with Crippen molar-refractivity contribution >= 4 is 38.6 Å². The fraction of sp³-hybridized carbons (Fsp3) is 0.188. The van der Waals surface area contributed by atoms with E-state index < -0.39 is 0 Å². The number of fused-ring (bicyclic) bond motifs is 1. The number of benzene rings is 2. The molecule has 4 heteroatoms. The summed E-state index contributed by atoms with van der Waals surface area (Å²) in [5.74, 6) is 1.26. The van der Waals surface area contributed by atoms with Crippen LogP contribution in [0.5, 0.6) is 0 Å². The maximum atomic E-state index is 6.08. The van der Waals surface area contributed by atoms with Crippen LogP contribution in [0, 0.1) is 13.8 Å². The first kappa shape index (κ1) is 13.7. The van der Waals surface area contributed by atoms with Crippen LogP contribution in [0.1, 0.15) is 17.0 Å². The van der Waals surface area contributed by atoms with Gasteiger partial charge in [0.2, 0.25) is 0 Å². The lowest BCUT2D eigenvalue weighted by Gasteiger charge is -2.11. The molecule has 0 saturated carbocycles. The summed E-state index contributed by atoms with van der Waals surface area (Å²) >= 11 is 9.59. The van der Waals surface area contributed by atoms with Gasteiger partial charge in [0.1, 0.15) is 5.82 Å². The van der Waals surface area contributed by atoms with E-state index in [9.17, 15) is 0 Å². The molecule has 0 unspecified atom stereocenters. The van der Waals surface area contributed by atoms with Gasteiger partial charge in [-0.05, 0) is 55.3 Å². The summed E-state index contributed by atoms with van der Waals surface area (Å²) in [7, 11) is 0. The van der Waals surface area contributed by atoms with E-state index in [0.29, 0.717) is 5.88 Å². The molecule has 0 atom stereocenters. The number of hydrogen-bond donors (Lipinski definition) is 0. The third kappa shape index (κ3) is 2.25. The quantitative estimate of drug-likeness (QED) is 0.585. The van der Waals surface area contributed by atoms with Crippen LogP contribution in [0.15, 0.2) is 40.9 Å². The second-order valence-electron chi connectivity index (χ2n) is 4.92. The van der Waals surface area contributed by atoms with Crippen molar-refractivity contribution < 1.29 is 0 Å². The number of aryl methyl sites for hydroxylation is 2. The highest BCUT2D eigenvalue weighted by Gasteiger charge is 2.13. The Morgan fingerprint density at radius 2 is 1.95 bits per heavy atom. The highest BCUT2D eigenvalue weighted by atomic mass is 79.9. The standard InChI is InChI=1S/C16H14BrClN2/c1-10-3-5-13-15(7-10)20(16(9-18)19-13)14-6-4-12(17)8-11(14)2/h3-8H,9H2,1-2H3. The van der Waals surface area contributed by atoms with Crippen molar-refractivity contribution in [3.8, 4) is 5.69 Å². The Labute approximate surface area is 131 Å². The van der Waals surface area contributed by atoms with Crippen LogP contribution in [0.4, 0.5) is 0 Å². The summed E-state index contributed by atoms with van der Waals surface area (Å²) in [4.78, 5) is 4.63. The van der Waals surface area contributed by atoms with Gasteiger partial charge in [0, 0.05) is 4.47 Å². The van der Waals surface area contributed by atoms with Gasteiger partial charge in [-0.2, -0.15) is 0 Å². The van der Waals surface area contributed by atoms with E-state index in [1.807, 2.05) is 12.1 Å². The summed E-state index contributed by atoms with van der Waals surface area (Å²) in [5.41, 5.74) is 5.61. The highest BCUT2D eigenvalue weighted by Crippen LogP contribution is 2.27. The van der Waals surface area contributed by atoms with Crippen molar-refractivity contribution in [2.75, 3.05) is 0 Å². The van der Waals surface area contributed by atoms with Gasteiger partial charge in [0.15, 0.2) is 0 Å². The van der Waals surface area contributed by atoms with Crippen LogP contribution < -0.4 is 0 Å². The lowest BCUT2D eigenvalue weighted by Crippen LogP contribution is -2.01. The average Bonchev–Trinajstić information content (AvgIpc) is 2.76. The fourth-order valence-corrected chi connectivity index (χ4v) is 3.12. The molecule has 0 saturated heterocycles. The Morgan fingerprint density at radius 1 is 1.15 bits per heavy atom. The van der Waals surface area contributed by atoms with Gasteiger partial charge in [-0.3, -0.25) is 4.57 Å². The molecule has 0 N–H and O–H groups in total. The van der Waals surface area contributed by atoms with Gasteiger partial charge in [0.25, 0.3) is 0 Å². The van der Waals surface area contributed by atoms with E-state index in [1.54, 1.807) is 0 Å². The van der Waals surface area contributed by atoms with Gasteiger partial charge in [-0.1, -0.05) is 22.0 Å². The normalized spacial score (nSPS) is 11.2. The smallest absolute Gasteiger partial charge is 0.129 e. The molecule has 0 spiro atoms. The minimum absolute atomic E-state index is 0.392. The van der Waals surface area contributed by atoms with Crippen LogP contribution in [0.2, 0.25) is 0 Å². The summed E-state index contributed by atoms with van der Waals surface area (Å²) in [6.45, 7) is 4.19. The molecule has 1 aromatic heterocycles. The molecule has 1 heterocycles. The Kier molecular flexibility index (Phi) is 3.57. The van der Waals surface area contributed by atoms with E-state index in [4.69, 9.17) is 11.6 Å². The minimum Gasteiger partial charge on any atom is -0.295 e. The Bertz CT molecular complexity index is 793. The molecule has 0 aliphatic rings. The molecule has 0 aliphatic heterocycles. The molecule has 20 heavy (non-hydrogen) atoms. The van der Waals surface area contributed by atoms with Crippen molar-refractivity contribution in [1.82, 2.24) is 9.55 Å². The summed E-state index contributed by atoms with van der Waals surface area (Å²) in [6.07, 6.45) is 0. The molecule has 3 aromatic rings. The zero-order chi connectivity index (χ0) is 14.3. The van der Waals surface area contributed by atoms with E-state index in [-0.39, 0.29) is 0 Å². The molecular formula is C16H14BrClN2. The lowest BCUT2D eigenvalue weighted by atomic mass is 10.2. The Hall–Kier alpha value is -1.32. The van der Waals surface area contributed by atoms with Gasteiger partial charge in [-0.25, -0.2) is 4.98 Å². The van der Waals surface area contributed by atoms with Crippen molar-refractivity contribution in [2.24, 2.45) is 0 Å². The number of halogens is 2. The maximum absolute atomic E-state index is 6.08. The maximum Gasteiger partial charge on any atom is 0.129 e. The number of aromatic nitrogens is 2. The van der Waals surface area contributed by atoms with Gasteiger partial charge in [-0.15, -0.1) is 11.6 Å². The third-order valence-corrected chi connectivity index (χ3v) is 4.13. The van der Waals surface area contributed by atoms with Crippen molar-refractivity contribution in [1.29, 1.82) is 0 Å². The van der Waals surface area contributed by atoms with E-state index in [1.165, 1.54) is 11.1 Å². The zero-order valence-corrected chi connectivity index (χ0v) is 13.7. The van der Waals surface area contributed by atoms with Gasteiger partial charge < -0.3 is 0 Å². The average molecular weight is 350 g/mol. The predicted molar refractivity (Wildman–Crippen MR) is 87.8 cm³/mol. The zero-order valence-electron chi connectivity index (χ0n) is 11.3. The molecule has 2 nitrogen and oxygen atoms in total. The number of nitrogens with zero attached hydrogens (tertiary/aromatic N) is 2. The number of alkyl halides is 1. The third-order valence-electron chi connectivity index (χ3n) is 3.40. The van der Waals surface area contributed by atoms with Crippen molar-refractivity contribution in [3.05, 3.63) is 57.8 Å². The molecule has 0 aliphatic carbocycles. The first-order chi connectivity index (χ1) is 9.60. The lowest BCUT2D eigenvalue weighted by molar-refractivity contribution is 0.971. The molecule has 3 rings (SSSR count). The summed E-state index contributed by atoms with van der Waals surface area (Å²) < 4.78 is 3.23. The molecule has 0 bridgehead atoms. The van der Waals surface area contributed by atoms with Crippen molar-refractivity contribution in [2.45, 2.75) is 19.7 Å². The Morgan fingerprint density at radius 3 is 2.65 bits per heavy atom. The molecule has 0 fully saturated rings. The topological polar surface area (TPSA) is 17.8 Å². The fourth-order valence-electron chi connectivity index (χ4n) is 2.46. The van der Waals surface area contributed by atoms with Gasteiger partial charge >= 0.3 is 0 Å². The Balaban J connectivity index is 2.36. The van der Waals surface area contributed by atoms with E-state index >= 15 is 0 Å². The second-order valence-corrected chi connectivity index (χ2v) is 6.10. The van der Waals surface area contributed by atoms with Crippen LogP contribution in [-0.2, 0) is 5.88 Å². The van der Waals surface area contributed by atoms with Crippen LogP contribution in [0.25, 0.3) is 16.7 Å². The first-order valence-corrected chi connectivity index (χ1v) is 7.73. The summed E-state index contributed by atoms with van der Waals surface area (Å²) in [5, 5.41) is 0. The second kappa shape index (κ2) is 5.23. The number of rotatable bonds is 2. The van der Waals surface area contributed by atoms with Crippen LogP contribution >= 0.6 is 27.5 Å². The van der Waals surface area contributed by atoms with E-state index in [0.717, 1.165) is 27.0 Å². The number of hydrogen-bond acceptors (Lipinski definition) is 1. The van der Waals surface area contributed by atoms with Crippen LogP contribution in [0.3, 0.4) is 0 Å². The molecule has 102 valence electrons. The largest absolute Gasteiger partial charge is 0.295 e. The molecule has 0 amide bonds. The highest BCUT2D eigenvalue weighted by molar-refractivity contribution is 9.10.